The first-order valence-electron chi connectivity index (χ1n) is 6.41. The molecule has 23 heavy (non-hydrogen) atoms. The van der Waals surface area contributed by atoms with E-state index in [1.165, 1.54) is 0 Å². The lowest BCUT2D eigenvalue weighted by Crippen LogP contribution is -2.36. The van der Waals surface area contributed by atoms with Gasteiger partial charge in [0.2, 0.25) is 0 Å². The molecule has 0 aliphatic carbocycles. The number of allylic oxidation sites excluding steroid dienone is 1. The first kappa shape index (κ1) is 17.4. The molecule has 0 amide bonds. The molecule has 0 radical (unpaired) electrons. The Morgan fingerprint density at radius 3 is 2.57 bits per heavy atom. The number of hydrogen-bond donors (Lipinski definition) is 4. The van der Waals surface area contributed by atoms with Crippen molar-refractivity contribution >= 4 is 11.9 Å². The molecule has 1 aliphatic heterocycles. The van der Waals surface area contributed by atoms with Gasteiger partial charge >= 0.3 is 11.9 Å². The van der Waals surface area contributed by atoms with Crippen LogP contribution in [0.15, 0.2) is 17.1 Å². The molecule has 0 saturated carbocycles. The molecule has 2 heterocycles. The monoisotopic (exact) mass is 337 g/mol. The Hall–Kier alpha value is -1.95. The molecule has 0 aromatic carbocycles. The molecule has 1 aromatic rings. The van der Waals surface area contributed by atoms with Gasteiger partial charge < -0.3 is 25.8 Å². The molecule has 0 unspecified atom stereocenters. The average Bonchev–Trinajstić information content (AvgIpc) is 2.73. The number of aliphatic hydroxyl groups is 3. The fraction of sp³-hybridized carbons (Fsp3) is 0.500. The van der Waals surface area contributed by atoms with E-state index in [1.54, 1.807) is 0 Å². The zero-order valence-electron chi connectivity index (χ0n) is 11.5. The predicted molar refractivity (Wildman–Crippen MR) is 71.0 cm³/mol. The third-order valence-corrected chi connectivity index (χ3v) is 3.25. The van der Waals surface area contributed by atoms with Crippen LogP contribution in [0.25, 0.3) is 6.08 Å². The van der Waals surface area contributed by atoms with E-state index >= 15 is 0 Å². The first-order chi connectivity index (χ1) is 10.6. The Balaban J connectivity index is 2.40. The number of nitrogens with two attached hydrogens (primary N) is 1. The zero-order chi connectivity index (χ0) is 17.4. The molecule has 0 spiro atoms. The second-order valence-electron chi connectivity index (χ2n) is 4.88. The molecule has 1 fully saturated rings. The summed E-state index contributed by atoms with van der Waals surface area (Å²) in [6.07, 6.45) is -8.75. The van der Waals surface area contributed by atoms with Crippen LogP contribution in [-0.4, -0.2) is 56.0 Å². The molecule has 1 saturated heterocycles. The van der Waals surface area contributed by atoms with Crippen LogP contribution in [0.5, 0.6) is 0 Å². The normalized spacial score (nSPS) is 28.6. The second-order valence-corrected chi connectivity index (χ2v) is 4.88. The maximum atomic E-state index is 12.2. The highest BCUT2D eigenvalue weighted by Crippen LogP contribution is 2.29. The summed E-state index contributed by atoms with van der Waals surface area (Å²) in [6, 6.07) is 0. The van der Waals surface area contributed by atoms with E-state index < -0.39 is 48.8 Å². The molecule has 11 heteroatoms. The molecule has 2 rings (SSSR count). The summed E-state index contributed by atoms with van der Waals surface area (Å²) in [5.74, 6) is -0.432. The van der Waals surface area contributed by atoms with Crippen molar-refractivity contribution in [2.45, 2.75) is 30.7 Å². The zero-order valence-corrected chi connectivity index (χ0v) is 11.5. The van der Waals surface area contributed by atoms with Crippen molar-refractivity contribution in [3.63, 3.8) is 0 Å². The number of alkyl halides is 3. The van der Waals surface area contributed by atoms with Gasteiger partial charge in [-0.2, -0.15) is 18.2 Å². The highest BCUT2D eigenvalue weighted by atomic mass is 19.4. The highest BCUT2D eigenvalue weighted by molar-refractivity contribution is 5.60. The summed E-state index contributed by atoms with van der Waals surface area (Å²) in [7, 11) is 0. The average molecular weight is 337 g/mol. The number of ether oxygens (including phenoxy) is 1. The van der Waals surface area contributed by atoms with Crippen molar-refractivity contribution in [3.05, 3.63) is 28.3 Å². The third kappa shape index (κ3) is 3.69. The Morgan fingerprint density at radius 2 is 2.04 bits per heavy atom. The summed E-state index contributed by atoms with van der Waals surface area (Å²) in [5.41, 5.74) is 4.19. The maximum Gasteiger partial charge on any atom is 0.409 e. The van der Waals surface area contributed by atoms with Gasteiger partial charge in [0.15, 0.2) is 6.23 Å². The van der Waals surface area contributed by atoms with Gasteiger partial charge in [0.25, 0.3) is 0 Å². The Bertz CT molecular complexity index is 660. The smallest absolute Gasteiger partial charge is 0.394 e. The first-order valence-corrected chi connectivity index (χ1v) is 6.41. The molecule has 128 valence electrons. The van der Waals surface area contributed by atoms with Crippen molar-refractivity contribution in [1.82, 2.24) is 9.55 Å². The predicted octanol–water partition coefficient (Wildman–Crippen LogP) is -0.987. The minimum absolute atomic E-state index is 0.0908. The second kappa shape index (κ2) is 6.28. The van der Waals surface area contributed by atoms with Crippen LogP contribution in [0.4, 0.5) is 19.0 Å². The molecular weight excluding hydrogens is 323 g/mol. The molecule has 1 aromatic heterocycles. The standard InChI is InChI=1S/C12H14F3N3O5/c13-12(14,15)2-1-5-3-18(11(22)17-9(5)16)10-8(21)7(20)6(4-19)23-10/h1-3,6-8,10,19-21H,4H2,(H2,16,17,22)/t6-,7-,8+,10-/m1/s1. The van der Waals surface area contributed by atoms with E-state index in [-0.39, 0.29) is 11.6 Å². The van der Waals surface area contributed by atoms with Gasteiger partial charge in [0, 0.05) is 17.8 Å². The Labute approximate surface area is 127 Å². The fourth-order valence-electron chi connectivity index (χ4n) is 2.10. The molecule has 0 bridgehead atoms. The number of rotatable bonds is 3. The van der Waals surface area contributed by atoms with Crippen LogP contribution in [0.1, 0.15) is 11.8 Å². The van der Waals surface area contributed by atoms with Crippen LogP contribution >= 0.6 is 0 Å². The Kier molecular flexibility index (Phi) is 4.75. The number of halogens is 3. The van der Waals surface area contributed by atoms with Gasteiger partial charge in [-0.25, -0.2) is 4.79 Å². The third-order valence-electron chi connectivity index (χ3n) is 3.25. The van der Waals surface area contributed by atoms with Crippen molar-refractivity contribution < 1.29 is 33.2 Å². The number of nitrogens with zero attached hydrogens (tertiary/aromatic N) is 2. The largest absolute Gasteiger partial charge is 0.409 e. The van der Waals surface area contributed by atoms with Gasteiger partial charge in [-0.1, -0.05) is 0 Å². The van der Waals surface area contributed by atoms with Crippen molar-refractivity contribution in [3.8, 4) is 0 Å². The fourth-order valence-corrected chi connectivity index (χ4v) is 2.10. The number of anilines is 1. The molecular formula is C12H14F3N3O5. The number of aliphatic hydroxyl groups excluding tert-OH is 3. The van der Waals surface area contributed by atoms with E-state index in [9.17, 15) is 28.2 Å². The van der Waals surface area contributed by atoms with Crippen molar-refractivity contribution in [1.29, 1.82) is 0 Å². The number of hydrogen-bond acceptors (Lipinski definition) is 7. The van der Waals surface area contributed by atoms with Gasteiger partial charge in [-0.05, 0) is 6.08 Å². The topological polar surface area (TPSA) is 131 Å². The number of nitrogen functional groups attached to an aromatic ring is 1. The molecule has 8 nitrogen and oxygen atoms in total. The van der Waals surface area contributed by atoms with Crippen LogP contribution < -0.4 is 11.4 Å². The van der Waals surface area contributed by atoms with Crippen LogP contribution in [0.2, 0.25) is 0 Å². The van der Waals surface area contributed by atoms with E-state index in [0.29, 0.717) is 10.6 Å². The van der Waals surface area contributed by atoms with Gasteiger partial charge in [0.05, 0.1) is 6.61 Å². The van der Waals surface area contributed by atoms with Gasteiger partial charge in [-0.3, -0.25) is 4.57 Å². The summed E-state index contributed by atoms with van der Waals surface area (Å²) >= 11 is 0. The molecule has 1 aliphatic rings. The van der Waals surface area contributed by atoms with Crippen molar-refractivity contribution in [2.24, 2.45) is 0 Å². The molecule has 5 N–H and O–H groups in total. The minimum Gasteiger partial charge on any atom is -0.394 e. The maximum absolute atomic E-state index is 12.2. The summed E-state index contributed by atoms with van der Waals surface area (Å²) in [6.45, 7) is -0.618. The summed E-state index contributed by atoms with van der Waals surface area (Å²) < 4.78 is 42.5. The SMILES string of the molecule is Nc1nc(=O)n([C@@H]2O[C@H](CO)[C@@H](O)[C@@H]2O)cc1C=CC(F)(F)F. The van der Waals surface area contributed by atoms with Gasteiger partial charge in [0.1, 0.15) is 24.1 Å². The minimum atomic E-state index is -4.59. The number of aromatic nitrogens is 2. The van der Waals surface area contributed by atoms with E-state index in [4.69, 9.17) is 15.6 Å². The van der Waals surface area contributed by atoms with Crippen LogP contribution in [0, 0.1) is 0 Å². The lowest BCUT2D eigenvalue weighted by atomic mass is 10.1. The summed E-state index contributed by atoms with van der Waals surface area (Å²) in [4.78, 5) is 15.2. The quantitative estimate of drug-likeness (QED) is 0.557. The van der Waals surface area contributed by atoms with E-state index in [1.807, 2.05) is 0 Å². The Morgan fingerprint density at radius 1 is 1.39 bits per heavy atom. The van der Waals surface area contributed by atoms with E-state index in [0.717, 1.165) is 6.20 Å². The summed E-state index contributed by atoms with van der Waals surface area (Å²) in [5, 5.41) is 28.5. The molecule has 4 atom stereocenters. The van der Waals surface area contributed by atoms with Gasteiger partial charge in [-0.15, -0.1) is 0 Å². The highest BCUT2D eigenvalue weighted by Gasteiger charge is 2.43. The lowest BCUT2D eigenvalue weighted by molar-refractivity contribution is -0.0790. The van der Waals surface area contributed by atoms with Crippen LogP contribution in [-0.2, 0) is 4.74 Å². The van der Waals surface area contributed by atoms with Crippen molar-refractivity contribution in [2.75, 3.05) is 12.3 Å². The lowest BCUT2D eigenvalue weighted by Gasteiger charge is -2.18. The van der Waals surface area contributed by atoms with Crippen LogP contribution in [0.3, 0.4) is 0 Å². The van der Waals surface area contributed by atoms with E-state index in [2.05, 4.69) is 4.98 Å².